The van der Waals surface area contributed by atoms with Gasteiger partial charge in [0.1, 0.15) is 30.8 Å². The number of carbonyl (C=O) groups excluding carboxylic acids is 2. The zero-order valence-electron chi connectivity index (χ0n) is 24.9. The zero-order chi connectivity index (χ0) is 30.8. The van der Waals surface area contributed by atoms with Crippen LogP contribution in [0, 0.1) is 13.8 Å². The van der Waals surface area contributed by atoms with Crippen molar-refractivity contribution in [3.05, 3.63) is 124 Å². The van der Waals surface area contributed by atoms with Crippen LogP contribution in [0.5, 0.6) is 11.5 Å². The summed E-state index contributed by atoms with van der Waals surface area (Å²) >= 11 is 6.68. The van der Waals surface area contributed by atoms with E-state index in [1.807, 2.05) is 93.7 Å². The molecule has 1 aliphatic rings. The molecule has 1 atom stereocenters. The predicted molar refractivity (Wildman–Crippen MR) is 172 cm³/mol. The number of aryl methyl sites for hydroxylation is 1. The summed E-state index contributed by atoms with van der Waals surface area (Å²) in [6.45, 7) is 5.03. The summed E-state index contributed by atoms with van der Waals surface area (Å²) in [5, 5.41) is 1.11. The van der Waals surface area contributed by atoms with Crippen LogP contribution in [0.15, 0.2) is 91.0 Å². The number of ether oxygens (including phenoxy) is 3. The highest BCUT2D eigenvalue weighted by Gasteiger charge is 2.25. The number of rotatable bonds is 8. The minimum absolute atomic E-state index is 0.0440. The Labute approximate surface area is 261 Å². The Bertz CT molecular complexity index is 1850. The average Bonchev–Trinajstić information content (AvgIpc) is 3.29. The topological polar surface area (TPSA) is 70.0 Å². The molecule has 0 bridgehead atoms. The van der Waals surface area contributed by atoms with E-state index < -0.39 is 0 Å². The van der Waals surface area contributed by atoms with E-state index >= 15 is 0 Å². The Hall–Kier alpha value is -4.75. The molecule has 0 saturated carbocycles. The molecule has 0 amide bonds. The van der Waals surface area contributed by atoms with Crippen LogP contribution < -0.4 is 14.4 Å². The van der Waals surface area contributed by atoms with E-state index in [1.54, 1.807) is 22.8 Å². The average molecular weight is 609 g/mol. The van der Waals surface area contributed by atoms with Crippen LogP contribution in [0.1, 0.15) is 32.7 Å². The van der Waals surface area contributed by atoms with E-state index in [1.165, 1.54) is 0 Å². The number of halogens is 1. The number of nitrogens with zero attached hydrogens (tertiary/aromatic N) is 2. The summed E-state index contributed by atoms with van der Waals surface area (Å²) < 4.78 is 19.3. The van der Waals surface area contributed by atoms with Crippen molar-refractivity contribution in [2.24, 2.45) is 0 Å². The molecular weight excluding hydrogens is 576 g/mol. The normalized spacial score (nSPS) is 14.2. The van der Waals surface area contributed by atoms with Crippen LogP contribution >= 0.6 is 11.6 Å². The monoisotopic (exact) mass is 608 g/mol. The summed E-state index contributed by atoms with van der Waals surface area (Å²) in [6, 6.07) is 28.4. The third kappa shape index (κ3) is 6.01. The molecule has 0 N–H and O–H groups in total. The number of para-hydroxylation sites is 2. The number of benzene rings is 4. The van der Waals surface area contributed by atoms with Crippen molar-refractivity contribution in [2.75, 3.05) is 25.1 Å². The lowest BCUT2D eigenvalue weighted by molar-refractivity contribution is -0.144. The standard InChI is InChI=1S/C36H33ClN2O5/c1-23-13-16-32-30(17-23)29(19-35(40)43-21-25-9-5-4-6-10-25)24(2)39(32)36(41)28-15-14-26(18-31(28)37)42-22-27-20-38(3)33-11-7-8-12-34(33)44-27/h4-18,27H,19-22H2,1-3H3/t27-/m0/s1. The SMILES string of the molecule is Cc1ccc2c(c1)c(CC(=O)OCc1ccccc1)c(C)n2C(=O)c1ccc(OC[C@@H]2CN(C)c3ccccc3O2)cc1Cl. The third-order valence-electron chi connectivity index (χ3n) is 7.91. The van der Waals surface area contributed by atoms with Gasteiger partial charge in [-0.25, -0.2) is 0 Å². The van der Waals surface area contributed by atoms with Gasteiger partial charge >= 0.3 is 5.97 Å². The van der Waals surface area contributed by atoms with E-state index in [9.17, 15) is 9.59 Å². The fourth-order valence-electron chi connectivity index (χ4n) is 5.66. The molecule has 8 heteroatoms. The van der Waals surface area contributed by atoms with Crippen LogP contribution in [0.3, 0.4) is 0 Å². The van der Waals surface area contributed by atoms with Gasteiger partial charge in [-0.05, 0) is 67.4 Å². The second-order valence-corrected chi connectivity index (χ2v) is 11.5. The zero-order valence-corrected chi connectivity index (χ0v) is 25.6. The van der Waals surface area contributed by atoms with Gasteiger partial charge < -0.3 is 19.1 Å². The lowest BCUT2D eigenvalue weighted by Gasteiger charge is -2.33. The molecular formula is C36H33ClN2O5. The summed E-state index contributed by atoms with van der Waals surface area (Å²) in [4.78, 5) is 29.0. The lowest BCUT2D eigenvalue weighted by atomic mass is 10.1. The number of anilines is 1. The van der Waals surface area contributed by atoms with Gasteiger partial charge in [-0.1, -0.05) is 65.7 Å². The molecule has 1 aromatic heterocycles. The Morgan fingerprint density at radius 1 is 0.955 bits per heavy atom. The van der Waals surface area contributed by atoms with E-state index in [4.69, 9.17) is 25.8 Å². The summed E-state index contributed by atoms with van der Waals surface area (Å²) in [5.41, 5.74) is 5.45. The molecule has 2 heterocycles. The van der Waals surface area contributed by atoms with E-state index in [-0.39, 0.29) is 36.0 Å². The molecule has 6 rings (SSSR count). The molecule has 7 nitrogen and oxygen atoms in total. The highest BCUT2D eigenvalue weighted by molar-refractivity contribution is 6.34. The van der Waals surface area contributed by atoms with E-state index in [0.717, 1.165) is 33.5 Å². The van der Waals surface area contributed by atoms with Crippen molar-refractivity contribution in [1.82, 2.24) is 4.57 Å². The Kier molecular flexibility index (Phi) is 8.31. The van der Waals surface area contributed by atoms with Gasteiger partial charge in [0, 0.05) is 18.1 Å². The highest BCUT2D eigenvalue weighted by Crippen LogP contribution is 2.33. The molecule has 4 aromatic carbocycles. The van der Waals surface area contributed by atoms with Gasteiger partial charge in [-0.15, -0.1) is 0 Å². The number of carbonyl (C=O) groups is 2. The molecule has 224 valence electrons. The van der Waals surface area contributed by atoms with Crippen LogP contribution in [0.2, 0.25) is 5.02 Å². The predicted octanol–water partition coefficient (Wildman–Crippen LogP) is 7.16. The summed E-state index contributed by atoms with van der Waals surface area (Å²) in [7, 11) is 2.03. The molecule has 44 heavy (non-hydrogen) atoms. The minimum atomic E-state index is -0.360. The number of esters is 1. The molecule has 0 spiro atoms. The smallest absolute Gasteiger partial charge is 0.310 e. The van der Waals surface area contributed by atoms with Crippen LogP contribution in [-0.4, -0.2) is 42.7 Å². The number of likely N-dealkylation sites (N-methyl/N-ethyl adjacent to an activating group) is 1. The van der Waals surface area contributed by atoms with Gasteiger partial charge in [-0.2, -0.15) is 0 Å². The molecule has 0 radical (unpaired) electrons. The number of fused-ring (bicyclic) bond motifs is 2. The fourth-order valence-corrected chi connectivity index (χ4v) is 5.91. The third-order valence-corrected chi connectivity index (χ3v) is 8.22. The fraction of sp³-hybridized carbons (Fsp3) is 0.222. The van der Waals surface area contributed by atoms with Crippen LogP contribution in [0.25, 0.3) is 10.9 Å². The highest BCUT2D eigenvalue weighted by atomic mass is 35.5. The van der Waals surface area contributed by atoms with Crippen LogP contribution in [0.4, 0.5) is 5.69 Å². The van der Waals surface area contributed by atoms with Crippen molar-refractivity contribution < 1.29 is 23.8 Å². The van der Waals surface area contributed by atoms with Gasteiger partial charge in [-0.3, -0.25) is 14.2 Å². The summed E-state index contributed by atoms with van der Waals surface area (Å²) in [6.07, 6.45) is -0.118. The van der Waals surface area contributed by atoms with E-state index in [0.29, 0.717) is 35.7 Å². The molecule has 0 unspecified atom stereocenters. The molecule has 5 aromatic rings. The first-order chi connectivity index (χ1) is 21.3. The molecule has 0 aliphatic carbocycles. The summed E-state index contributed by atoms with van der Waals surface area (Å²) in [5.74, 6) is 0.720. The molecule has 0 saturated heterocycles. The number of aromatic nitrogens is 1. The van der Waals surface area contributed by atoms with Crippen molar-refractivity contribution in [1.29, 1.82) is 0 Å². The first kappa shape index (κ1) is 29.3. The first-order valence-electron chi connectivity index (χ1n) is 14.5. The number of hydrogen-bond donors (Lipinski definition) is 0. The largest absolute Gasteiger partial charge is 0.490 e. The number of hydrogen-bond acceptors (Lipinski definition) is 6. The van der Waals surface area contributed by atoms with Gasteiger partial charge in [0.15, 0.2) is 0 Å². The molecule has 1 aliphatic heterocycles. The Balaban J connectivity index is 1.20. The lowest BCUT2D eigenvalue weighted by Crippen LogP contribution is -2.41. The Morgan fingerprint density at radius 3 is 2.52 bits per heavy atom. The van der Waals surface area contributed by atoms with Gasteiger partial charge in [0.2, 0.25) is 0 Å². The second-order valence-electron chi connectivity index (χ2n) is 11.1. The van der Waals surface area contributed by atoms with Crippen molar-refractivity contribution in [3.63, 3.8) is 0 Å². The van der Waals surface area contributed by atoms with Gasteiger partial charge in [0.25, 0.3) is 5.91 Å². The minimum Gasteiger partial charge on any atom is -0.490 e. The van der Waals surface area contributed by atoms with Crippen LogP contribution in [-0.2, 0) is 22.6 Å². The van der Waals surface area contributed by atoms with Crippen molar-refractivity contribution in [3.8, 4) is 11.5 Å². The first-order valence-corrected chi connectivity index (χ1v) is 14.9. The van der Waals surface area contributed by atoms with Crippen molar-refractivity contribution >= 4 is 40.1 Å². The maximum atomic E-state index is 14.0. The maximum Gasteiger partial charge on any atom is 0.310 e. The van der Waals surface area contributed by atoms with Crippen molar-refractivity contribution in [2.45, 2.75) is 33.0 Å². The quantitative estimate of drug-likeness (QED) is 0.174. The maximum absolute atomic E-state index is 14.0. The Morgan fingerprint density at radius 2 is 1.73 bits per heavy atom. The van der Waals surface area contributed by atoms with Gasteiger partial charge in [0.05, 0.1) is 34.8 Å². The second kappa shape index (κ2) is 12.5. The van der Waals surface area contributed by atoms with E-state index in [2.05, 4.69) is 4.90 Å². The molecule has 0 fully saturated rings.